The molecular weight excluding hydrogens is 212 g/mol. The largest absolute Gasteiger partial charge is 0.323 e. The van der Waals surface area contributed by atoms with Crippen molar-refractivity contribution in [1.29, 1.82) is 0 Å². The molecule has 17 heavy (non-hydrogen) atoms. The first kappa shape index (κ1) is 12.6. The Hall–Kier alpha value is -0.870. The van der Waals surface area contributed by atoms with Crippen molar-refractivity contribution in [3.8, 4) is 0 Å². The SMILES string of the molecule is Cn1cc(C(N)CNC2CCCCCC2)cn1. The molecule has 1 aliphatic carbocycles. The smallest absolute Gasteiger partial charge is 0.0537 e. The lowest BCUT2D eigenvalue weighted by Crippen LogP contribution is -2.34. The summed E-state index contributed by atoms with van der Waals surface area (Å²) in [5, 5.41) is 7.76. The number of nitrogens with one attached hydrogen (secondary N) is 1. The van der Waals surface area contributed by atoms with E-state index in [1.54, 1.807) is 4.68 Å². The molecule has 0 radical (unpaired) electrons. The van der Waals surface area contributed by atoms with Crippen LogP contribution in [0.5, 0.6) is 0 Å². The van der Waals surface area contributed by atoms with Gasteiger partial charge in [-0.2, -0.15) is 5.10 Å². The van der Waals surface area contributed by atoms with Crippen molar-refractivity contribution in [2.24, 2.45) is 12.8 Å². The third-order valence-corrected chi connectivity index (χ3v) is 3.63. The molecule has 2 rings (SSSR count). The Labute approximate surface area is 104 Å². The Balaban J connectivity index is 1.77. The number of hydrogen-bond donors (Lipinski definition) is 2. The third-order valence-electron chi connectivity index (χ3n) is 3.63. The highest BCUT2D eigenvalue weighted by Gasteiger charge is 2.14. The molecular formula is C13H24N4. The maximum atomic E-state index is 6.15. The second kappa shape index (κ2) is 6.17. The van der Waals surface area contributed by atoms with Crippen LogP contribution in [0.4, 0.5) is 0 Å². The predicted molar refractivity (Wildman–Crippen MR) is 69.6 cm³/mol. The number of aromatic nitrogens is 2. The molecule has 1 aromatic rings. The predicted octanol–water partition coefficient (Wildman–Crippen LogP) is 1.73. The number of rotatable bonds is 4. The fourth-order valence-electron chi connectivity index (χ4n) is 2.53. The Kier molecular flexibility index (Phi) is 4.57. The number of hydrogen-bond acceptors (Lipinski definition) is 3. The van der Waals surface area contributed by atoms with E-state index in [2.05, 4.69) is 10.4 Å². The molecule has 1 unspecified atom stereocenters. The first-order valence-corrected chi connectivity index (χ1v) is 6.73. The average Bonchev–Trinajstić information content (AvgIpc) is 2.61. The number of aryl methyl sites for hydroxylation is 1. The van der Waals surface area contributed by atoms with E-state index in [1.807, 2.05) is 19.4 Å². The first-order chi connectivity index (χ1) is 8.25. The maximum Gasteiger partial charge on any atom is 0.0537 e. The van der Waals surface area contributed by atoms with Crippen molar-refractivity contribution in [3.05, 3.63) is 18.0 Å². The first-order valence-electron chi connectivity index (χ1n) is 6.73. The molecule has 0 bridgehead atoms. The summed E-state index contributed by atoms with van der Waals surface area (Å²) in [6.07, 6.45) is 12.0. The summed E-state index contributed by atoms with van der Waals surface area (Å²) in [7, 11) is 1.93. The monoisotopic (exact) mass is 236 g/mol. The van der Waals surface area contributed by atoms with E-state index in [0.717, 1.165) is 12.1 Å². The van der Waals surface area contributed by atoms with Crippen LogP contribution >= 0.6 is 0 Å². The zero-order valence-electron chi connectivity index (χ0n) is 10.7. The second-order valence-electron chi connectivity index (χ2n) is 5.15. The zero-order valence-corrected chi connectivity index (χ0v) is 10.7. The summed E-state index contributed by atoms with van der Waals surface area (Å²) in [6, 6.07) is 0.729. The fourth-order valence-corrected chi connectivity index (χ4v) is 2.53. The molecule has 1 atom stereocenters. The van der Waals surface area contributed by atoms with Crippen molar-refractivity contribution in [2.45, 2.75) is 50.6 Å². The molecule has 0 aromatic carbocycles. The zero-order chi connectivity index (χ0) is 12.1. The molecule has 0 saturated heterocycles. The highest BCUT2D eigenvalue weighted by molar-refractivity contribution is 5.09. The van der Waals surface area contributed by atoms with Crippen molar-refractivity contribution in [1.82, 2.24) is 15.1 Å². The molecule has 4 heteroatoms. The van der Waals surface area contributed by atoms with Crippen LogP contribution in [-0.2, 0) is 7.05 Å². The van der Waals surface area contributed by atoms with Crippen molar-refractivity contribution < 1.29 is 0 Å². The van der Waals surface area contributed by atoms with Crippen LogP contribution in [0, 0.1) is 0 Å². The van der Waals surface area contributed by atoms with Gasteiger partial charge in [-0.15, -0.1) is 0 Å². The van der Waals surface area contributed by atoms with Gasteiger partial charge in [-0.25, -0.2) is 0 Å². The quantitative estimate of drug-likeness (QED) is 0.783. The molecule has 1 aromatic heterocycles. The van der Waals surface area contributed by atoms with Gasteiger partial charge < -0.3 is 11.1 Å². The van der Waals surface area contributed by atoms with Gasteiger partial charge in [0.2, 0.25) is 0 Å². The maximum absolute atomic E-state index is 6.15. The molecule has 3 N–H and O–H groups in total. The van der Waals surface area contributed by atoms with Crippen molar-refractivity contribution >= 4 is 0 Å². The van der Waals surface area contributed by atoms with Crippen LogP contribution in [0.3, 0.4) is 0 Å². The van der Waals surface area contributed by atoms with Crippen LogP contribution in [0.25, 0.3) is 0 Å². The van der Waals surface area contributed by atoms with Crippen LogP contribution in [0.1, 0.15) is 50.1 Å². The molecule has 0 spiro atoms. The van der Waals surface area contributed by atoms with E-state index in [-0.39, 0.29) is 6.04 Å². The van der Waals surface area contributed by atoms with Gasteiger partial charge in [-0.1, -0.05) is 25.7 Å². The van der Waals surface area contributed by atoms with Crippen molar-refractivity contribution in [3.63, 3.8) is 0 Å². The number of nitrogens with zero attached hydrogens (tertiary/aromatic N) is 2. The lowest BCUT2D eigenvalue weighted by Gasteiger charge is -2.18. The third kappa shape index (κ3) is 3.82. The summed E-state index contributed by atoms with van der Waals surface area (Å²) in [5.41, 5.74) is 7.27. The number of nitrogens with two attached hydrogens (primary N) is 1. The Morgan fingerprint density at radius 3 is 2.71 bits per heavy atom. The summed E-state index contributed by atoms with van der Waals surface area (Å²) in [6.45, 7) is 0.857. The van der Waals surface area contributed by atoms with Gasteiger partial charge in [0.25, 0.3) is 0 Å². The lowest BCUT2D eigenvalue weighted by molar-refractivity contribution is 0.441. The summed E-state index contributed by atoms with van der Waals surface area (Å²) in [4.78, 5) is 0. The van der Waals surface area contributed by atoms with E-state index in [1.165, 1.54) is 38.5 Å². The minimum absolute atomic E-state index is 0.0620. The molecule has 4 nitrogen and oxygen atoms in total. The highest BCUT2D eigenvalue weighted by atomic mass is 15.2. The van der Waals surface area contributed by atoms with Crippen LogP contribution in [0.2, 0.25) is 0 Å². The van der Waals surface area contributed by atoms with Crippen molar-refractivity contribution in [2.75, 3.05) is 6.54 Å². The lowest BCUT2D eigenvalue weighted by atomic mass is 10.1. The molecule has 1 aliphatic rings. The summed E-state index contributed by atoms with van der Waals surface area (Å²) in [5.74, 6) is 0. The van der Waals surface area contributed by atoms with E-state index < -0.39 is 0 Å². The van der Waals surface area contributed by atoms with Gasteiger partial charge in [-0.3, -0.25) is 4.68 Å². The van der Waals surface area contributed by atoms with E-state index in [4.69, 9.17) is 5.73 Å². The minimum Gasteiger partial charge on any atom is -0.323 e. The van der Waals surface area contributed by atoms with Crippen LogP contribution < -0.4 is 11.1 Å². The average molecular weight is 236 g/mol. The van der Waals surface area contributed by atoms with Gasteiger partial charge >= 0.3 is 0 Å². The van der Waals surface area contributed by atoms with Gasteiger partial charge in [0.1, 0.15) is 0 Å². The summed E-state index contributed by atoms with van der Waals surface area (Å²) >= 11 is 0. The molecule has 1 heterocycles. The standard InChI is InChI=1S/C13H24N4/c1-17-10-11(8-16-17)13(14)9-15-12-6-4-2-3-5-7-12/h8,10,12-13,15H,2-7,9,14H2,1H3. The van der Waals surface area contributed by atoms with Gasteiger partial charge in [-0.05, 0) is 12.8 Å². The molecule has 0 aliphatic heterocycles. The van der Waals surface area contributed by atoms with Gasteiger partial charge in [0.05, 0.1) is 6.20 Å². The Bertz CT molecular complexity index is 326. The molecule has 96 valence electrons. The topological polar surface area (TPSA) is 55.9 Å². The minimum atomic E-state index is 0.0620. The molecule has 0 amide bonds. The van der Waals surface area contributed by atoms with Gasteiger partial charge in [0.15, 0.2) is 0 Å². The van der Waals surface area contributed by atoms with Gasteiger partial charge in [0, 0.05) is 37.4 Å². The normalized spacial score (nSPS) is 20.1. The van der Waals surface area contributed by atoms with Crippen LogP contribution in [0.15, 0.2) is 12.4 Å². The summed E-state index contributed by atoms with van der Waals surface area (Å²) < 4.78 is 1.81. The highest BCUT2D eigenvalue weighted by Crippen LogP contribution is 2.17. The molecule has 1 fully saturated rings. The Morgan fingerprint density at radius 2 is 2.12 bits per heavy atom. The Morgan fingerprint density at radius 1 is 1.41 bits per heavy atom. The van der Waals surface area contributed by atoms with E-state index >= 15 is 0 Å². The second-order valence-corrected chi connectivity index (χ2v) is 5.15. The molecule has 1 saturated carbocycles. The van der Waals surface area contributed by atoms with E-state index in [9.17, 15) is 0 Å². The fraction of sp³-hybridized carbons (Fsp3) is 0.769. The van der Waals surface area contributed by atoms with E-state index in [0.29, 0.717) is 6.04 Å². The van der Waals surface area contributed by atoms with Crippen LogP contribution in [-0.4, -0.2) is 22.4 Å².